The molecule has 0 bridgehead atoms. The molecule has 2 atom stereocenters. The van der Waals surface area contributed by atoms with E-state index in [1.807, 2.05) is 11.3 Å². The van der Waals surface area contributed by atoms with E-state index in [9.17, 15) is 0 Å². The van der Waals surface area contributed by atoms with E-state index in [0.29, 0.717) is 5.92 Å². The first kappa shape index (κ1) is 11.7. The summed E-state index contributed by atoms with van der Waals surface area (Å²) in [4.78, 5) is 10.2. The van der Waals surface area contributed by atoms with Crippen molar-refractivity contribution in [2.24, 2.45) is 5.92 Å². The van der Waals surface area contributed by atoms with Crippen LogP contribution in [0.2, 0.25) is 0 Å². The molecule has 0 aliphatic heterocycles. The van der Waals surface area contributed by atoms with Crippen LogP contribution in [0.5, 0.6) is 0 Å². The Hall–Kier alpha value is -1.09. The number of aryl methyl sites for hydroxylation is 2. The zero-order valence-corrected chi connectivity index (χ0v) is 12.2. The maximum absolute atomic E-state index is 4.99. The third-order valence-corrected chi connectivity index (χ3v) is 5.84. The van der Waals surface area contributed by atoms with Gasteiger partial charge >= 0.3 is 0 Å². The van der Waals surface area contributed by atoms with Gasteiger partial charge in [0.1, 0.15) is 5.82 Å². The van der Waals surface area contributed by atoms with Crippen LogP contribution < -0.4 is 0 Å². The van der Waals surface area contributed by atoms with Crippen molar-refractivity contribution in [1.82, 2.24) is 9.97 Å². The Morgan fingerprint density at radius 2 is 2.16 bits per heavy atom. The third-order valence-electron chi connectivity index (χ3n) is 4.86. The number of thiophene rings is 1. The predicted octanol–water partition coefficient (Wildman–Crippen LogP) is 4.53. The predicted molar refractivity (Wildman–Crippen MR) is 79.7 cm³/mol. The number of hydrogen-bond acceptors (Lipinski definition) is 2. The van der Waals surface area contributed by atoms with E-state index in [-0.39, 0.29) is 0 Å². The monoisotopic (exact) mass is 272 g/mol. The Morgan fingerprint density at radius 1 is 1.26 bits per heavy atom. The van der Waals surface area contributed by atoms with E-state index in [4.69, 9.17) is 4.98 Å². The first-order valence-electron chi connectivity index (χ1n) is 7.48. The van der Waals surface area contributed by atoms with Crippen LogP contribution in [0.4, 0.5) is 0 Å². The summed E-state index contributed by atoms with van der Waals surface area (Å²) in [5.41, 5.74) is 4.01. The molecule has 2 aromatic rings. The Morgan fingerprint density at radius 3 is 3.05 bits per heavy atom. The van der Waals surface area contributed by atoms with Gasteiger partial charge in [-0.3, -0.25) is 0 Å². The molecule has 2 aliphatic carbocycles. The van der Waals surface area contributed by atoms with Crippen LogP contribution in [0.1, 0.15) is 54.9 Å². The van der Waals surface area contributed by atoms with Crippen LogP contribution >= 0.6 is 11.3 Å². The highest BCUT2D eigenvalue weighted by Crippen LogP contribution is 2.40. The number of rotatable bonds is 1. The second-order valence-electron chi connectivity index (χ2n) is 6.07. The standard InChI is InChI=1S/C16H20N2S/c1-10-4-2-3-5-11(10)16-17-13-6-7-14-12(8-9-19-14)15(13)18-16/h8-11H,2-7H2,1H3,(H,17,18). The molecular weight excluding hydrogens is 252 g/mol. The maximum atomic E-state index is 4.99. The molecule has 19 heavy (non-hydrogen) atoms. The third kappa shape index (κ3) is 1.86. The van der Waals surface area contributed by atoms with Crippen LogP contribution in [-0.2, 0) is 12.8 Å². The van der Waals surface area contributed by atoms with Gasteiger partial charge in [-0.2, -0.15) is 0 Å². The Kier molecular flexibility index (Phi) is 2.76. The van der Waals surface area contributed by atoms with Gasteiger partial charge in [0.15, 0.2) is 0 Å². The zero-order valence-electron chi connectivity index (χ0n) is 11.4. The molecule has 2 heterocycles. The van der Waals surface area contributed by atoms with Gasteiger partial charge in [0, 0.05) is 22.1 Å². The summed E-state index contributed by atoms with van der Waals surface area (Å²) in [5, 5.41) is 2.21. The molecule has 1 saturated carbocycles. The summed E-state index contributed by atoms with van der Waals surface area (Å²) in [7, 11) is 0. The highest BCUT2D eigenvalue weighted by atomic mass is 32.1. The minimum absolute atomic E-state index is 0.654. The Labute approximate surface area is 118 Å². The second kappa shape index (κ2) is 4.48. The molecule has 2 nitrogen and oxygen atoms in total. The SMILES string of the molecule is CC1CCCCC1c1nc2c([nH]1)CCc1sccc1-2. The molecule has 2 aliphatic rings. The maximum Gasteiger partial charge on any atom is 0.110 e. The molecule has 0 spiro atoms. The molecule has 4 rings (SSSR count). The number of nitrogens with one attached hydrogen (secondary N) is 1. The van der Waals surface area contributed by atoms with E-state index in [1.165, 1.54) is 59.8 Å². The van der Waals surface area contributed by atoms with E-state index < -0.39 is 0 Å². The minimum Gasteiger partial charge on any atom is -0.345 e. The van der Waals surface area contributed by atoms with Crippen molar-refractivity contribution in [3.8, 4) is 11.3 Å². The van der Waals surface area contributed by atoms with Gasteiger partial charge in [-0.25, -0.2) is 4.98 Å². The van der Waals surface area contributed by atoms with Crippen LogP contribution in [0, 0.1) is 5.92 Å². The molecule has 2 unspecified atom stereocenters. The lowest BCUT2D eigenvalue weighted by Crippen LogP contribution is -2.16. The highest BCUT2D eigenvalue weighted by molar-refractivity contribution is 7.10. The van der Waals surface area contributed by atoms with Gasteiger partial charge in [-0.15, -0.1) is 11.3 Å². The molecule has 1 N–H and O–H groups in total. The molecule has 3 heteroatoms. The van der Waals surface area contributed by atoms with Crippen LogP contribution in [-0.4, -0.2) is 9.97 Å². The second-order valence-corrected chi connectivity index (χ2v) is 7.08. The lowest BCUT2D eigenvalue weighted by molar-refractivity contribution is 0.321. The van der Waals surface area contributed by atoms with E-state index in [2.05, 4.69) is 23.4 Å². The van der Waals surface area contributed by atoms with Crippen molar-refractivity contribution in [2.75, 3.05) is 0 Å². The summed E-state index contributed by atoms with van der Waals surface area (Å²) in [6.45, 7) is 2.39. The van der Waals surface area contributed by atoms with Crippen LogP contribution in [0.25, 0.3) is 11.3 Å². The summed E-state index contributed by atoms with van der Waals surface area (Å²) in [6.07, 6.45) is 7.75. The first-order valence-corrected chi connectivity index (χ1v) is 8.36. The first-order chi connectivity index (χ1) is 9.33. The van der Waals surface area contributed by atoms with Crippen LogP contribution in [0.3, 0.4) is 0 Å². The summed E-state index contributed by atoms with van der Waals surface area (Å²) < 4.78 is 0. The van der Waals surface area contributed by atoms with Crippen LogP contribution in [0.15, 0.2) is 11.4 Å². The van der Waals surface area contributed by atoms with Gasteiger partial charge in [0.05, 0.1) is 5.69 Å². The van der Waals surface area contributed by atoms with Gasteiger partial charge in [0.2, 0.25) is 0 Å². The number of fused-ring (bicyclic) bond motifs is 3. The normalized spacial score (nSPS) is 25.9. The Bertz CT molecular complexity index is 596. The number of aromatic amines is 1. The molecule has 0 amide bonds. The average molecular weight is 272 g/mol. The number of imidazole rings is 1. The fourth-order valence-corrected chi connectivity index (χ4v) is 4.60. The average Bonchev–Trinajstić information content (AvgIpc) is 3.04. The molecule has 0 saturated heterocycles. The topological polar surface area (TPSA) is 28.7 Å². The van der Waals surface area contributed by atoms with Crippen molar-refractivity contribution in [1.29, 1.82) is 0 Å². The van der Waals surface area contributed by atoms with Gasteiger partial charge < -0.3 is 4.98 Å². The molecule has 0 radical (unpaired) electrons. The summed E-state index contributed by atoms with van der Waals surface area (Å²) in [6, 6.07) is 2.24. The highest BCUT2D eigenvalue weighted by Gasteiger charge is 2.28. The minimum atomic E-state index is 0.654. The number of H-pyrrole nitrogens is 1. The van der Waals surface area contributed by atoms with Crippen molar-refractivity contribution in [3.63, 3.8) is 0 Å². The van der Waals surface area contributed by atoms with E-state index in [0.717, 1.165) is 12.3 Å². The molecule has 1 fully saturated rings. The molecular formula is C16H20N2S. The number of hydrogen-bond donors (Lipinski definition) is 1. The smallest absolute Gasteiger partial charge is 0.110 e. The zero-order chi connectivity index (χ0) is 12.8. The van der Waals surface area contributed by atoms with Crippen molar-refractivity contribution in [3.05, 3.63) is 27.8 Å². The van der Waals surface area contributed by atoms with Crippen molar-refractivity contribution >= 4 is 11.3 Å². The van der Waals surface area contributed by atoms with Gasteiger partial charge in [0.25, 0.3) is 0 Å². The van der Waals surface area contributed by atoms with Gasteiger partial charge in [-0.1, -0.05) is 26.2 Å². The van der Waals surface area contributed by atoms with Crippen molar-refractivity contribution < 1.29 is 0 Å². The summed E-state index contributed by atoms with van der Waals surface area (Å²) in [5.74, 6) is 2.70. The largest absolute Gasteiger partial charge is 0.345 e. The van der Waals surface area contributed by atoms with E-state index >= 15 is 0 Å². The molecule has 0 aromatic carbocycles. The number of nitrogens with zero attached hydrogens (tertiary/aromatic N) is 1. The molecule has 100 valence electrons. The van der Waals surface area contributed by atoms with Gasteiger partial charge in [-0.05, 0) is 36.6 Å². The van der Waals surface area contributed by atoms with Crippen molar-refractivity contribution in [2.45, 2.75) is 51.4 Å². The Balaban J connectivity index is 1.73. The summed E-state index contributed by atoms with van der Waals surface area (Å²) >= 11 is 1.88. The lowest BCUT2D eigenvalue weighted by Gasteiger charge is -2.26. The van der Waals surface area contributed by atoms with E-state index in [1.54, 1.807) is 0 Å². The molecule has 2 aromatic heterocycles. The number of aromatic nitrogens is 2. The fourth-order valence-electron chi connectivity index (χ4n) is 3.72. The lowest BCUT2D eigenvalue weighted by atomic mass is 9.80. The fraction of sp³-hybridized carbons (Fsp3) is 0.562. The quantitative estimate of drug-likeness (QED) is 0.811.